The quantitative estimate of drug-likeness (QED) is 0.710. The standard InChI is InChI=1S/C19H17ClN2O3/c1-22(11-13-6-8-14(20)9-7-13)18(23)12-25-19(24)16-10-21-17-5-3-2-4-15(16)17/h2-10,21H,11-12H2,1H3. The first-order valence-electron chi connectivity index (χ1n) is 7.76. The zero-order valence-electron chi connectivity index (χ0n) is 13.7. The van der Waals surface area contributed by atoms with Crippen LogP contribution in [0.2, 0.25) is 5.02 Å². The number of hydrogen-bond donors (Lipinski definition) is 1. The van der Waals surface area contributed by atoms with Gasteiger partial charge in [0.2, 0.25) is 0 Å². The van der Waals surface area contributed by atoms with E-state index in [0.717, 1.165) is 16.5 Å². The zero-order valence-corrected chi connectivity index (χ0v) is 14.4. The van der Waals surface area contributed by atoms with Gasteiger partial charge < -0.3 is 14.6 Å². The first-order valence-corrected chi connectivity index (χ1v) is 8.14. The van der Waals surface area contributed by atoms with Crippen LogP contribution in [0.1, 0.15) is 15.9 Å². The molecule has 1 amide bonds. The molecule has 2 aromatic carbocycles. The molecule has 0 spiro atoms. The van der Waals surface area contributed by atoms with Gasteiger partial charge in [0.05, 0.1) is 5.56 Å². The van der Waals surface area contributed by atoms with Gasteiger partial charge in [-0.05, 0) is 23.8 Å². The molecule has 1 aromatic heterocycles. The molecule has 128 valence electrons. The van der Waals surface area contributed by atoms with Crippen molar-refractivity contribution in [1.82, 2.24) is 9.88 Å². The highest BCUT2D eigenvalue weighted by atomic mass is 35.5. The van der Waals surface area contributed by atoms with E-state index in [0.29, 0.717) is 17.1 Å². The van der Waals surface area contributed by atoms with E-state index in [1.165, 1.54) is 4.90 Å². The van der Waals surface area contributed by atoms with Gasteiger partial charge >= 0.3 is 5.97 Å². The Kier molecular flexibility index (Phi) is 5.05. The van der Waals surface area contributed by atoms with Gasteiger partial charge in [-0.3, -0.25) is 4.79 Å². The van der Waals surface area contributed by atoms with Crippen LogP contribution in [-0.4, -0.2) is 35.4 Å². The smallest absolute Gasteiger partial charge is 0.340 e. The Hall–Kier alpha value is -2.79. The Balaban J connectivity index is 1.57. The fourth-order valence-corrected chi connectivity index (χ4v) is 2.63. The lowest BCUT2D eigenvalue weighted by molar-refractivity contribution is -0.133. The highest BCUT2D eigenvalue weighted by Crippen LogP contribution is 2.18. The van der Waals surface area contributed by atoms with Crippen LogP contribution in [0.25, 0.3) is 10.9 Å². The van der Waals surface area contributed by atoms with E-state index in [1.807, 2.05) is 36.4 Å². The molecular formula is C19H17ClN2O3. The van der Waals surface area contributed by atoms with Crippen LogP contribution < -0.4 is 0 Å². The van der Waals surface area contributed by atoms with E-state index in [1.54, 1.807) is 25.4 Å². The third-order valence-electron chi connectivity index (χ3n) is 3.89. The van der Waals surface area contributed by atoms with Gasteiger partial charge in [0.25, 0.3) is 5.91 Å². The van der Waals surface area contributed by atoms with Gasteiger partial charge in [-0.25, -0.2) is 4.79 Å². The van der Waals surface area contributed by atoms with Crippen LogP contribution in [0, 0.1) is 0 Å². The van der Waals surface area contributed by atoms with E-state index in [9.17, 15) is 9.59 Å². The summed E-state index contributed by atoms with van der Waals surface area (Å²) in [4.78, 5) is 28.9. The number of nitrogens with zero attached hydrogens (tertiary/aromatic N) is 1. The first kappa shape index (κ1) is 17.0. The highest BCUT2D eigenvalue weighted by molar-refractivity contribution is 6.30. The summed E-state index contributed by atoms with van der Waals surface area (Å²) in [5.74, 6) is -0.797. The number of aromatic nitrogens is 1. The predicted octanol–water partition coefficient (Wildman–Crippen LogP) is 3.64. The Morgan fingerprint density at radius 1 is 1.12 bits per heavy atom. The topological polar surface area (TPSA) is 62.4 Å². The highest BCUT2D eigenvalue weighted by Gasteiger charge is 2.16. The van der Waals surface area contributed by atoms with Crippen molar-refractivity contribution in [2.75, 3.05) is 13.7 Å². The van der Waals surface area contributed by atoms with Gasteiger partial charge in [-0.1, -0.05) is 41.9 Å². The van der Waals surface area contributed by atoms with Crippen molar-refractivity contribution in [3.05, 3.63) is 70.9 Å². The molecule has 0 atom stereocenters. The maximum atomic E-state index is 12.2. The van der Waals surface area contributed by atoms with Gasteiger partial charge in [0.15, 0.2) is 6.61 Å². The monoisotopic (exact) mass is 356 g/mol. The van der Waals surface area contributed by atoms with Gasteiger partial charge in [0, 0.05) is 35.7 Å². The van der Waals surface area contributed by atoms with Crippen molar-refractivity contribution in [2.24, 2.45) is 0 Å². The fraction of sp³-hybridized carbons (Fsp3) is 0.158. The molecule has 6 heteroatoms. The van der Waals surface area contributed by atoms with Crippen molar-refractivity contribution in [2.45, 2.75) is 6.54 Å². The Morgan fingerprint density at radius 3 is 2.60 bits per heavy atom. The molecule has 0 saturated carbocycles. The number of para-hydroxylation sites is 1. The van der Waals surface area contributed by atoms with Crippen LogP contribution in [0.15, 0.2) is 54.7 Å². The molecule has 1 heterocycles. The van der Waals surface area contributed by atoms with Crippen LogP contribution in [0.5, 0.6) is 0 Å². The third kappa shape index (κ3) is 4.00. The summed E-state index contributed by atoms with van der Waals surface area (Å²) >= 11 is 5.85. The summed E-state index contributed by atoms with van der Waals surface area (Å²) in [7, 11) is 1.66. The fourth-order valence-electron chi connectivity index (χ4n) is 2.51. The maximum Gasteiger partial charge on any atom is 0.340 e. The number of halogens is 1. The molecule has 0 fully saturated rings. The number of rotatable bonds is 5. The van der Waals surface area contributed by atoms with Crippen LogP contribution in [0.3, 0.4) is 0 Å². The number of fused-ring (bicyclic) bond motifs is 1. The molecule has 25 heavy (non-hydrogen) atoms. The minimum Gasteiger partial charge on any atom is -0.452 e. The molecule has 0 unspecified atom stereocenters. The van der Waals surface area contributed by atoms with Crippen LogP contribution >= 0.6 is 11.6 Å². The Bertz CT molecular complexity index is 902. The number of amides is 1. The number of benzene rings is 2. The molecule has 0 bridgehead atoms. The Morgan fingerprint density at radius 2 is 1.84 bits per heavy atom. The number of carbonyl (C=O) groups is 2. The van der Waals surface area contributed by atoms with Crippen LogP contribution in [0.4, 0.5) is 0 Å². The lowest BCUT2D eigenvalue weighted by atomic mass is 10.2. The summed E-state index contributed by atoms with van der Waals surface area (Å²) in [5, 5.41) is 1.42. The minimum atomic E-state index is -0.523. The molecular weight excluding hydrogens is 340 g/mol. The Labute approximate surface area is 150 Å². The third-order valence-corrected chi connectivity index (χ3v) is 4.15. The number of aromatic amines is 1. The lowest BCUT2D eigenvalue weighted by Gasteiger charge is -2.17. The van der Waals surface area contributed by atoms with E-state index in [-0.39, 0.29) is 12.5 Å². The molecule has 0 aliphatic rings. The summed E-state index contributed by atoms with van der Waals surface area (Å²) < 4.78 is 5.16. The SMILES string of the molecule is CN(Cc1ccc(Cl)cc1)C(=O)COC(=O)c1c[nH]c2ccccc12. The largest absolute Gasteiger partial charge is 0.452 e. The molecule has 5 nitrogen and oxygen atoms in total. The average Bonchev–Trinajstić information content (AvgIpc) is 3.05. The van der Waals surface area contributed by atoms with Crippen molar-refractivity contribution < 1.29 is 14.3 Å². The zero-order chi connectivity index (χ0) is 17.8. The predicted molar refractivity (Wildman–Crippen MR) is 96.5 cm³/mol. The normalized spacial score (nSPS) is 10.6. The summed E-state index contributed by atoms with van der Waals surface area (Å²) in [5.41, 5.74) is 2.22. The molecule has 3 aromatic rings. The molecule has 0 aliphatic carbocycles. The summed E-state index contributed by atoms with van der Waals surface area (Å²) in [6, 6.07) is 14.7. The average molecular weight is 357 g/mol. The number of esters is 1. The second-order valence-corrected chi connectivity index (χ2v) is 6.14. The van der Waals surface area contributed by atoms with E-state index in [4.69, 9.17) is 16.3 Å². The van der Waals surface area contributed by atoms with Crippen LogP contribution in [-0.2, 0) is 16.1 Å². The second-order valence-electron chi connectivity index (χ2n) is 5.70. The number of likely N-dealkylation sites (N-methyl/N-ethyl adjacent to an activating group) is 1. The summed E-state index contributed by atoms with van der Waals surface area (Å²) in [6.07, 6.45) is 1.59. The second kappa shape index (κ2) is 7.40. The summed E-state index contributed by atoms with van der Waals surface area (Å²) in [6.45, 7) is 0.114. The lowest BCUT2D eigenvalue weighted by Crippen LogP contribution is -2.30. The molecule has 0 radical (unpaired) electrons. The molecule has 0 saturated heterocycles. The number of ether oxygens (including phenoxy) is 1. The van der Waals surface area contributed by atoms with Gasteiger partial charge in [0.1, 0.15) is 0 Å². The first-order chi connectivity index (χ1) is 12.0. The van der Waals surface area contributed by atoms with Crippen molar-refractivity contribution in [3.8, 4) is 0 Å². The van der Waals surface area contributed by atoms with E-state index >= 15 is 0 Å². The number of nitrogens with one attached hydrogen (secondary N) is 1. The van der Waals surface area contributed by atoms with Gasteiger partial charge in [-0.15, -0.1) is 0 Å². The number of hydrogen-bond acceptors (Lipinski definition) is 3. The van der Waals surface area contributed by atoms with E-state index in [2.05, 4.69) is 4.98 Å². The van der Waals surface area contributed by atoms with Crippen molar-refractivity contribution >= 4 is 34.4 Å². The van der Waals surface area contributed by atoms with E-state index < -0.39 is 5.97 Å². The number of carbonyl (C=O) groups excluding carboxylic acids is 2. The van der Waals surface area contributed by atoms with Crippen molar-refractivity contribution in [3.63, 3.8) is 0 Å². The molecule has 0 aliphatic heterocycles. The minimum absolute atomic E-state index is 0.275. The maximum absolute atomic E-state index is 12.2. The number of H-pyrrole nitrogens is 1. The molecule has 1 N–H and O–H groups in total. The molecule has 3 rings (SSSR count). The van der Waals surface area contributed by atoms with Gasteiger partial charge in [-0.2, -0.15) is 0 Å². The van der Waals surface area contributed by atoms with Crippen molar-refractivity contribution in [1.29, 1.82) is 0 Å².